The molecule has 0 aliphatic rings. The molecule has 0 saturated carbocycles. The van der Waals surface area contributed by atoms with Crippen LogP contribution in [0.4, 0.5) is 11.5 Å². The highest BCUT2D eigenvalue weighted by atomic mass is 16.1. The fraction of sp³-hybridized carbons (Fsp3) is 0.190. The minimum absolute atomic E-state index is 0.180. The summed E-state index contributed by atoms with van der Waals surface area (Å²) in [6.07, 6.45) is 1.60. The van der Waals surface area contributed by atoms with E-state index in [1.807, 2.05) is 80.4 Å². The Kier molecular flexibility index (Phi) is 5.27. The Labute approximate surface area is 153 Å². The smallest absolute Gasteiger partial charge is 0.256 e. The van der Waals surface area contributed by atoms with Crippen molar-refractivity contribution in [2.45, 2.75) is 13.8 Å². The van der Waals surface area contributed by atoms with Crippen molar-refractivity contribution >= 4 is 17.4 Å². The number of carbonyl (C=O) groups excluding carboxylic acids is 1. The quantitative estimate of drug-likeness (QED) is 0.759. The monoisotopic (exact) mass is 346 g/mol. The third-order valence-corrected chi connectivity index (χ3v) is 4.09. The summed E-state index contributed by atoms with van der Waals surface area (Å²) in [6.45, 7) is 4.47. The van der Waals surface area contributed by atoms with Gasteiger partial charge in [0.1, 0.15) is 11.4 Å². The number of hydrogen-bond donors (Lipinski definition) is 1. The molecular formula is C21H22N4O. The zero-order chi connectivity index (χ0) is 18.5. The first-order chi connectivity index (χ1) is 12.6. The van der Waals surface area contributed by atoms with Crippen molar-refractivity contribution in [1.29, 1.82) is 0 Å². The van der Waals surface area contributed by atoms with Crippen molar-refractivity contribution in [3.05, 3.63) is 71.9 Å². The van der Waals surface area contributed by atoms with Crippen LogP contribution >= 0.6 is 0 Å². The van der Waals surface area contributed by atoms with Crippen LogP contribution in [0.5, 0.6) is 0 Å². The third-order valence-electron chi connectivity index (χ3n) is 4.09. The van der Waals surface area contributed by atoms with Gasteiger partial charge in [0, 0.05) is 31.0 Å². The summed E-state index contributed by atoms with van der Waals surface area (Å²) in [5.41, 5.74) is 3.47. The van der Waals surface area contributed by atoms with Gasteiger partial charge in [0.15, 0.2) is 5.82 Å². The molecule has 0 spiro atoms. The normalized spacial score (nSPS) is 10.4. The van der Waals surface area contributed by atoms with Crippen LogP contribution in [-0.4, -0.2) is 29.5 Å². The zero-order valence-electron chi connectivity index (χ0n) is 15.2. The van der Waals surface area contributed by atoms with Gasteiger partial charge in [0.25, 0.3) is 5.91 Å². The van der Waals surface area contributed by atoms with Crippen LogP contribution in [-0.2, 0) is 0 Å². The lowest BCUT2D eigenvalue weighted by Gasteiger charge is -2.21. The molecule has 0 unspecified atom stereocenters. The number of anilines is 2. The van der Waals surface area contributed by atoms with Crippen molar-refractivity contribution in [3.63, 3.8) is 0 Å². The molecule has 0 bridgehead atoms. The van der Waals surface area contributed by atoms with Crippen LogP contribution in [0.15, 0.2) is 60.8 Å². The summed E-state index contributed by atoms with van der Waals surface area (Å²) in [4.78, 5) is 23.5. The van der Waals surface area contributed by atoms with Crippen LogP contribution in [0.2, 0.25) is 0 Å². The molecule has 1 aromatic heterocycles. The van der Waals surface area contributed by atoms with E-state index in [-0.39, 0.29) is 5.91 Å². The maximum atomic E-state index is 12.5. The van der Waals surface area contributed by atoms with Gasteiger partial charge in [-0.1, -0.05) is 42.0 Å². The number of aromatic nitrogens is 2. The van der Waals surface area contributed by atoms with Crippen molar-refractivity contribution in [2.75, 3.05) is 18.5 Å². The minimum Gasteiger partial charge on any atom is -0.352 e. The number of para-hydroxylation sites is 1. The van der Waals surface area contributed by atoms with Gasteiger partial charge in [-0.25, -0.2) is 9.97 Å². The molecule has 3 aromatic rings. The molecule has 1 heterocycles. The lowest BCUT2D eigenvalue weighted by Crippen LogP contribution is -2.26. The molecule has 1 N–H and O–H groups in total. The van der Waals surface area contributed by atoms with Gasteiger partial charge in [-0.2, -0.15) is 0 Å². The minimum atomic E-state index is -0.180. The van der Waals surface area contributed by atoms with E-state index < -0.39 is 0 Å². The first-order valence-corrected chi connectivity index (χ1v) is 8.61. The molecule has 0 aliphatic carbocycles. The van der Waals surface area contributed by atoms with E-state index in [1.165, 1.54) is 0 Å². The van der Waals surface area contributed by atoms with Crippen molar-refractivity contribution in [1.82, 2.24) is 15.3 Å². The number of amides is 1. The number of nitrogens with zero attached hydrogens (tertiary/aromatic N) is 3. The van der Waals surface area contributed by atoms with Crippen molar-refractivity contribution in [3.8, 4) is 11.4 Å². The Morgan fingerprint density at radius 3 is 2.58 bits per heavy atom. The van der Waals surface area contributed by atoms with Crippen LogP contribution in [0.25, 0.3) is 11.4 Å². The fourth-order valence-corrected chi connectivity index (χ4v) is 2.74. The number of carbonyl (C=O) groups is 1. The molecule has 0 fully saturated rings. The topological polar surface area (TPSA) is 58.1 Å². The second-order valence-corrected chi connectivity index (χ2v) is 6.05. The van der Waals surface area contributed by atoms with Gasteiger partial charge in [-0.15, -0.1) is 0 Å². The van der Waals surface area contributed by atoms with Gasteiger partial charge in [-0.05, 0) is 32.0 Å². The summed E-state index contributed by atoms with van der Waals surface area (Å²) < 4.78 is 0. The van der Waals surface area contributed by atoms with Crippen LogP contribution in [0.3, 0.4) is 0 Å². The molecular weight excluding hydrogens is 324 g/mol. The highest BCUT2D eigenvalue weighted by Gasteiger charge is 2.19. The van der Waals surface area contributed by atoms with Crippen LogP contribution < -0.4 is 10.2 Å². The zero-order valence-corrected chi connectivity index (χ0v) is 15.2. The highest BCUT2D eigenvalue weighted by Crippen LogP contribution is 2.27. The summed E-state index contributed by atoms with van der Waals surface area (Å²) in [6, 6.07) is 17.9. The van der Waals surface area contributed by atoms with Crippen molar-refractivity contribution < 1.29 is 4.79 Å². The van der Waals surface area contributed by atoms with E-state index in [0.29, 0.717) is 23.8 Å². The summed E-state index contributed by atoms with van der Waals surface area (Å²) in [7, 11) is 1.90. The van der Waals surface area contributed by atoms with Crippen molar-refractivity contribution in [2.24, 2.45) is 0 Å². The standard InChI is InChI=1S/C21H22N4O/c1-4-22-21(26)18-14-23-19(16-10-8-9-15(2)13-16)24-20(18)25(3)17-11-6-5-7-12-17/h5-14H,4H2,1-3H3,(H,22,26). The summed E-state index contributed by atoms with van der Waals surface area (Å²) >= 11 is 0. The summed E-state index contributed by atoms with van der Waals surface area (Å²) in [5, 5.41) is 2.83. The highest BCUT2D eigenvalue weighted by molar-refractivity contribution is 5.99. The lowest BCUT2D eigenvalue weighted by molar-refractivity contribution is 0.0956. The predicted molar refractivity (Wildman–Crippen MR) is 105 cm³/mol. The van der Waals surface area contributed by atoms with Crippen LogP contribution in [0.1, 0.15) is 22.8 Å². The molecule has 0 saturated heterocycles. The second-order valence-electron chi connectivity index (χ2n) is 6.05. The predicted octanol–water partition coefficient (Wildman–Crippen LogP) is 3.97. The molecule has 0 atom stereocenters. The van der Waals surface area contributed by atoms with Crippen LogP contribution in [0, 0.1) is 6.92 Å². The molecule has 0 radical (unpaired) electrons. The maximum absolute atomic E-state index is 12.5. The Hall–Kier alpha value is -3.21. The second kappa shape index (κ2) is 7.78. The molecule has 0 aliphatic heterocycles. The van der Waals surface area contributed by atoms with E-state index >= 15 is 0 Å². The Bertz CT molecular complexity index is 909. The number of aryl methyl sites for hydroxylation is 1. The maximum Gasteiger partial charge on any atom is 0.256 e. The molecule has 132 valence electrons. The van der Waals surface area contributed by atoms with Gasteiger partial charge in [-0.3, -0.25) is 4.79 Å². The number of rotatable bonds is 5. The molecule has 26 heavy (non-hydrogen) atoms. The number of nitrogens with one attached hydrogen (secondary N) is 1. The average Bonchev–Trinajstić information content (AvgIpc) is 2.68. The Morgan fingerprint density at radius 1 is 1.12 bits per heavy atom. The van der Waals surface area contributed by atoms with Gasteiger partial charge < -0.3 is 10.2 Å². The average molecular weight is 346 g/mol. The van der Waals surface area contributed by atoms with Gasteiger partial charge in [0.05, 0.1) is 0 Å². The van der Waals surface area contributed by atoms with E-state index in [2.05, 4.69) is 10.3 Å². The Morgan fingerprint density at radius 2 is 1.88 bits per heavy atom. The first kappa shape index (κ1) is 17.6. The largest absolute Gasteiger partial charge is 0.352 e. The van der Waals surface area contributed by atoms with Gasteiger partial charge >= 0.3 is 0 Å². The Balaban J connectivity index is 2.10. The molecule has 2 aromatic carbocycles. The molecule has 1 amide bonds. The lowest BCUT2D eigenvalue weighted by atomic mass is 10.1. The molecule has 5 heteroatoms. The van der Waals surface area contributed by atoms with E-state index in [0.717, 1.165) is 16.8 Å². The van der Waals surface area contributed by atoms with Gasteiger partial charge in [0.2, 0.25) is 0 Å². The van der Waals surface area contributed by atoms with E-state index in [1.54, 1.807) is 6.20 Å². The third kappa shape index (κ3) is 3.72. The fourth-order valence-electron chi connectivity index (χ4n) is 2.74. The molecule has 3 rings (SSSR count). The SMILES string of the molecule is CCNC(=O)c1cnc(-c2cccc(C)c2)nc1N(C)c1ccccc1. The van der Waals surface area contributed by atoms with E-state index in [4.69, 9.17) is 4.98 Å². The number of hydrogen-bond acceptors (Lipinski definition) is 4. The summed E-state index contributed by atoms with van der Waals surface area (Å²) in [5.74, 6) is 0.995. The first-order valence-electron chi connectivity index (χ1n) is 8.61. The number of benzene rings is 2. The molecule has 5 nitrogen and oxygen atoms in total. The van der Waals surface area contributed by atoms with E-state index in [9.17, 15) is 4.79 Å².